The number of carbonyl (C=O) groups is 1. The van der Waals surface area contributed by atoms with Gasteiger partial charge in [-0.15, -0.1) is 0 Å². The number of likely N-dealkylation sites (tertiary alicyclic amines) is 1. The van der Waals surface area contributed by atoms with Crippen LogP contribution in [0.3, 0.4) is 0 Å². The average molecular weight is 267 g/mol. The third-order valence-corrected chi connectivity index (χ3v) is 3.16. The lowest BCUT2D eigenvalue weighted by atomic mass is 10.1. The number of piperidine rings is 1. The second-order valence-electron chi connectivity index (χ2n) is 4.66. The Balaban J connectivity index is 1.76. The van der Waals surface area contributed by atoms with Crippen molar-refractivity contribution >= 4 is 5.91 Å². The highest BCUT2D eigenvalue weighted by atomic mass is 19.1. The van der Waals surface area contributed by atoms with Crippen LogP contribution in [0.15, 0.2) is 24.3 Å². The molecule has 0 spiro atoms. The Morgan fingerprint density at radius 3 is 3.00 bits per heavy atom. The van der Waals surface area contributed by atoms with Gasteiger partial charge in [0.2, 0.25) is 5.91 Å². The van der Waals surface area contributed by atoms with Gasteiger partial charge in [0.15, 0.2) is 11.6 Å². The molecule has 104 valence electrons. The molecule has 0 unspecified atom stereocenters. The van der Waals surface area contributed by atoms with Crippen LogP contribution in [0, 0.1) is 5.82 Å². The first-order valence-corrected chi connectivity index (χ1v) is 6.50. The van der Waals surface area contributed by atoms with Gasteiger partial charge in [0, 0.05) is 13.1 Å². The minimum absolute atomic E-state index is 0.0601. The molecule has 2 rings (SSSR count). The summed E-state index contributed by atoms with van der Waals surface area (Å²) in [5.74, 6) is -0.326. The van der Waals surface area contributed by atoms with Crippen molar-refractivity contribution in [3.05, 3.63) is 30.1 Å². The van der Waals surface area contributed by atoms with Crippen LogP contribution in [0.2, 0.25) is 0 Å². The van der Waals surface area contributed by atoms with Gasteiger partial charge in [-0.25, -0.2) is 4.39 Å². The van der Waals surface area contributed by atoms with Crippen LogP contribution in [-0.2, 0) is 4.79 Å². The van der Waals surface area contributed by atoms with E-state index in [4.69, 9.17) is 4.74 Å². The number of hydrogen-bond donors (Lipinski definition) is 1. The van der Waals surface area contributed by atoms with Gasteiger partial charge in [0.05, 0.1) is 19.1 Å². The van der Waals surface area contributed by atoms with E-state index in [1.807, 2.05) is 0 Å². The van der Waals surface area contributed by atoms with Gasteiger partial charge in [-0.3, -0.25) is 4.79 Å². The molecule has 0 aromatic heterocycles. The number of aliphatic hydroxyl groups is 1. The normalized spacial score (nSPS) is 19.3. The fourth-order valence-corrected chi connectivity index (χ4v) is 2.15. The van der Waals surface area contributed by atoms with Gasteiger partial charge in [-0.1, -0.05) is 12.1 Å². The van der Waals surface area contributed by atoms with Crippen LogP contribution >= 0.6 is 0 Å². The lowest BCUT2D eigenvalue weighted by Gasteiger charge is -2.30. The summed E-state index contributed by atoms with van der Waals surface area (Å²) in [6.07, 6.45) is 1.34. The van der Waals surface area contributed by atoms with Crippen molar-refractivity contribution in [1.82, 2.24) is 4.90 Å². The Hall–Kier alpha value is -1.62. The monoisotopic (exact) mass is 267 g/mol. The molecular weight excluding hydrogens is 249 g/mol. The second kappa shape index (κ2) is 6.52. The van der Waals surface area contributed by atoms with Crippen molar-refractivity contribution in [2.75, 3.05) is 19.7 Å². The smallest absolute Gasteiger partial charge is 0.226 e. The number of rotatable bonds is 4. The predicted octanol–water partition coefficient (Wildman–Crippen LogP) is 1.58. The number of benzene rings is 1. The highest BCUT2D eigenvalue weighted by Gasteiger charge is 2.21. The summed E-state index contributed by atoms with van der Waals surface area (Å²) in [7, 11) is 0. The van der Waals surface area contributed by atoms with Gasteiger partial charge in [0.1, 0.15) is 0 Å². The molecule has 1 aliphatic rings. The summed E-state index contributed by atoms with van der Waals surface area (Å²) >= 11 is 0. The summed E-state index contributed by atoms with van der Waals surface area (Å²) in [5.41, 5.74) is 0. The van der Waals surface area contributed by atoms with E-state index in [0.717, 1.165) is 12.8 Å². The second-order valence-corrected chi connectivity index (χ2v) is 4.66. The van der Waals surface area contributed by atoms with E-state index in [2.05, 4.69) is 0 Å². The molecule has 19 heavy (non-hydrogen) atoms. The van der Waals surface area contributed by atoms with Gasteiger partial charge in [0.25, 0.3) is 0 Å². The van der Waals surface area contributed by atoms with Crippen molar-refractivity contribution in [2.45, 2.75) is 25.4 Å². The van der Waals surface area contributed by atoms with Crippen molar-refractivity contribution in [3.63, 3.8) is 0 Å². The first kappa shape index (κ1) is 13.8. The summed E-state index contributed by atoms with van der Waals surface area (Å²) in [6, 6.07) is 6.12. The molecule has 1 saturated heterocycles. The van der Waals surface area contributed by atoms with Crippen molar-refractivity contribution < 1.29 is 19.0 Å². The molecule has 5 heteroatoms. The third-order valence-electron chi connectivity index (χ3n) is 3.16. The SMILES string of the molecule is O=C(CCOc1ccccc1F)N1CCC[C@H](O)C1. The zero-order valence-corrected chi connectivity index (χ0v) is 10.7. The Labute approximate surface area is 111 Å². The molecule has 0 radical (unpaired) electrons. The van der Waals surface area contributed by atoms with E-state index in [0.29, 0.717) is 13.1 Å². The van der Waals surface area contributed by atoms with Crippen LogP contribution in [0.4, 0.5) is 4.39 Å². The number of para-hydroxylation sites is 1. The third kappa shape index (κ3) is 3.92. The maximum atomic E-state index is 13.3. The number of hydrogen-bond acceptors (Lipinski definition) is 3. The zero-order valence-electron chi connectivity index (χ0n) is 10.7. The maximum Gasteiger partial charge on any atom is 0.226 e. The highest BCUT2D eigenvalue weighted by Crippen LogP contribution is 2.16. The molecular formula is C14H18FNO3. The van der Waals surface area contributed by atoms with Crippen molar-refractivity contribution in [3.8, 4) is 5.75 Å². The maximum absolute atomic E-state index is 13.3. The molecule has 0 bridgehead atoms. The first-order valence-electron chi connectivity index (χ1n) is 6.50. The van der Waals surface area contributed by atoms with Crippen molar-refractivity contribution in [2.24, 2.45) is 0 Å². The average Bonchev–Trinajstić information content (AvgIpc) is 2.41. The number of nitrogens with zero attached hydrogens (tertiary/aromatic N) is 1. The Bertz CT molecular complexity index is 438. The van der Waals surface area contributed by atoms with E-state index in [1.54, 1.807) is 17.0 Å². The molecule has 1 aromatic carbocycles. The number of aliphatic hydroxyl groups excluding tert-OH is 1. The fourth-order valence-electron chi connectivity index (χ4n) is 2.15. The number of ether oxygens (including phenoxy) is 1. The predicted molar refractivity (Wildman–Crippen MR) is 68.3 cm³/mol. The number of halogens is 1. The van der Waals surface area contributed by atoms with Crippen LogP contribution in [0.25, 0.3) is 0 Å². The van der Waals surface area contributed by atoms with E-state index < -0.39 is 11.9 Å². The summed E-state index contributed by atoms with van der Waals surface area (Å²) in [6.45, 7) is 1.21. The number of β-amino-alcohol motifs (C(OH)–C–C–N with tert-alkyl or cyclic N) is 1. The lowest BCUT2D eigenvalue weighted by Crippen LogP contribution is -2.42. The first-order chi connectivity index (χ1) is 9.16. The molecule has 1 heterocycles. The van der Waals surface area contributed by atoms with Crippen LogP contribution in [-0.4, -0.2) is 41.7 Å². The van der Waals surface area contributed by atoms with Gasteiger partial charge >= 0.3 is 0 Å². The Morgan fingerprint density at radius 1 is 1.47 bits per heavy atom. The zero-order chi connectivity index (χ0) is 13.7. The molecule has 1 aliphatic heterocycles. The molecule has 1 aromatic rings. The number of carbonyl (C=O) groups excluding carboxylic acids is 1. The summed E-state index contributed by atoms with van der Waals surface area (Å²) in [4.78, 5) is 13.5. The lowest BCUT2D eigenvalue weighted by molar-refractivity contribution is -0.134. The largest absolute Gasteiger partial charge is 0.490 e. The van der Waals surface area contributed by atoms with E-state index in [1.165, 1.54) is 12.1 Å². The van der Waals surface area contributed by atoms with E-state index >= 15 is 0 Å². The molecule has 1 fully saturated rings. The minimum Gasteiger partial charge on any atom is -0.490 e. The molecule has 1 amide bonds. The fraction of sp³-hybridized carbons (Fsp3) is 0.500. The molecule has 1 atom stereocenters. The topological polar surface area (TPSA) is 49.8 Å². The van der Waals surface area contributed by atoms with Gasteiger partial charge in [-0.2, -0.15) is 0 Å². The quantitative estimate of drug-likeness (QED) is 0.901. The van der Waals surface area contributed by atoms with Gasteiger partial charge < -0.3 is 14.7 Å². The Kier molecular flexibility index (Phi) is 4.74. The Morgan fingerprint density at radius 2 is 2.26 bits per heavy atom. The number of amides is 1. The minimum atomic E-state index is -0.427. The molecule has 4 nitrogen and oxygen atoms in total. The molecule has 0 aliphatic carbocycles. The summed E-state index contributed by atoms with van der Waals surface area (Å²) in [5, 5.41) is 9.49. The van der Waals surface area contributed by atoms with Crippen LogP contribution in [0.1, 0.15) is 19.3 Å². The van der Waals surface area contributed by atoms with Crippen LogP contribution in [0.5, 0.6) is 5.75 Å². The summed E-state index contributed by atoms with van der Waals surface area (Å²) < 4.78 is 18.5. The van der Waals surface area contributed by atoms with Crippen molar-refractivity contribution in [1.29, 1.82) is 0 Å². The van der Waals surface area contributed by atoms with E-state index in [-0.39, 0.29) is 24.7 Å². The van der Waals surface area contributed by atoms with Gasteiger partial charge in [-0.05, 0) is 25.0 Å². The van der Waals surface area contributed by atoms with E-state index in [9.17, 15) is 14.3 Å². The molecule has 0 saturated carbocycles. The standard InChI is InChI=1S/C14H18FNO3/c15-12-5-1-2-6-13(12)19-9-7-14(18)16-8-3-4-11(17)10-16/h1-2,5-6,11,17H,3-4,7-10H2/t11-/m0/s1. The van der Waals surface area contributed by atoms with Crippen LogP contribution < -0.4 is 4.74 Å². The highest BCUT2D eigenvalue weighted by molar-refractivity contribution is 5.76. The molecule has 1 N–H and O–H groups in total.